The van der Waals surface area contributed by atoms with Crippen LogP contribution in [0.1, 0.15) is 47.7 Å². The molecule has 0 saturated heterocycles. The van der Waals surface area contributed by atoms with Crippen molar-refractivity contribution in [2.75, 3.05) is 66.2 Å². The Kier molecular flexibility index (Phi) is 10.3. The number of amides is 1. The minimum Gasteiger partial charge on any atom is -0.507 e. The van der Waals surface area contributed by atoms with Crippen molar-refractivity contribution in [3.8, 4) is 22.9 Å². The lowest BCUT2D eigenvalue weighted by Crippen LogP contribution is -2.33. The van der Waals surface area contributed by atoms with Crippen molar-refractivity contribution in [2.45, 2.75) is 32.6 Å². The predicted molar refractivity (Wildman–Crippen MR) is 140 cm³/mol. The maximum Gasteiger partial charge on any atom is 0.265 e. The van der Waals surface area contributed by atoms with E-state index in [4.69, 9.17) is 23.9 Å². The Labute approximate surface area is 216 Å². The molecule has 3 rings (SSSR count). The van der Waals surface area contributed by atoms with Crippen molar-refractivity contribution in [3.05, 3.63) is 33.1 Å². The van der Waals surface area contributed by atoms with E-state index in [1.54, 1.807) is 14.2 Å². The zero-order valence-corrected chi connectivity index (χ0v) is 22.2. The largest absolute Gasteiger partial charge is 0.507 e. The second kappa shape index (κ2) is 13.4. The van der Waals surface area contributed by atoms with E-state index in [1.807, 2.05) is 19.9 Å². The second-order valence-electron chi connectivity index (χ2n) is 9.23. The zero-order valence-electron chi connectivity index (χ0n) is 22.2. The number of nitrogens with one attached hydrogen (secondary N) is 3. The van der Waals surface area contributed by atoms with E-state index >= 15 is 0 Å². The van der Waals surface area contributed by atoms with Gasteiger partial charge in [-0.05, 0) is 29.9 Å². The highest BCUT2D eigenvalue weighted by Gasteiger charge is 2.35. The molecule has 2 aromatic rings. The van der Waals surface area contributed by atoms with E-state index in [0.29, 0.717) is 61.3 Å². The molecule has 2 heterocycles. The van der Waals surface area contributed by atoms with Gasteiger partial charge in [0.1, 0.15) is 11.3 Å². The van der Waals surface area contributed by atoms with Crippen LogP contribution in [-0.4, -0.2) is 81.8 Å². The van der Waals surface area contributed by atoms with Crippen LogP contribution in [0.5, 0.6) is 11.5 Å². The number of pyridine rings is 2. The number of carbonyl (C=O) groups excluding carboxylic acids is 1. The summed E-state index contributed by atoms with van der Waals surface area (Å²) in [6.45, 7) is 6.58. The molecular weight excluding hydrogens is 480 g/mol. The molecule has 11 nitrogen and oxygen atoms in total. The Morgan fingerprint density at radius 2 is 1.84 bits per heavy atom. The van der Waals surface area contributed by atoms with Gasteiger partial charge in [-0.1, -0.05) is 13.8 Å². The first-order chi connectivity index (χ1) is 17.8. The topological polar surface area (TPSA) is 144 Å². The van der Waals surface area contributed by atoms with Crippen molar-refractivity contribution < 1.29 is 28.8 Å². The van der Waals surface area contributed by atoms with Gasteiger partial charge in [-0.15, -0.1) is 0 Å². The lowest BCUT2D eigenvalue weighted by molar-refractivity contribution is 0.0932. The van der Waals surface area contributed by atoms with E-state index in [-0.39, 0.29) is 36.3 Å². The van der Waals surface area contributed by atoms with Crippen molar-refractivity contribution in [1.82, 2.24) is 15.3 Å². The molecule has 4 N–H and O–H groups in total. The zero-order chi connectivity index (χ0) is 26.9. The summed E-state index contributed by atoms with van der Waals surface area (Å²) in [7, 11) is 4.77. The first-order valence-corrected chi connectivity index (χ1v) is 12.5. The summed E-state index contributed by atoms with van der Waals surface area (Å²) in [6.07, 6.45) is 1.28. The lowest BCUT2D eigenvalue weighted by Gasteiger charge is -2.31. The number of aromatic amines is 1. The average Bonchev–Trinajstić information content (AvgIpc) is 2.86. The molecule has 1 atom stereocenters. The molecule has 0 fully saturated rings. The summed E-state index contributed by atoms with van der Waals surface area (Å²) in [5.74, 6) is 0.0932. The summed E-state index contributed by atoms with van der Waals surface area (Å²) in [6, 6.07) is 1.93. The minimum atomic E-state index is -0.683. The third kappa shape index (κ3) is 6.60. The first kappa shape index (κ1) is 28.4. The number of aromatic hydroxyl groups is 1. The summed E-state index contributed by atoms with van der Waals surface area (Å²) < 4.78 is 21.3. The molecule has 0 saturated carbocycles. The highest BCUT2D eigenvalue weighted by molar-refractivity contribution is 5.97. The number of H-pyrrole nitrogens is 1. The number of ether oxygens (including phenoxy) is 4. The molecule has 204 valence electrons. The number of anilines is 1. The van der Waals surface area contributed by atoms with Crippen molar-refractivity contribution >= 4 is 11.7 Å². The third-order valence-corrected chi connectivity index (χ3v) is 6.31. The molecule has 0 radical (unpaired) electrons. The Balaban J connectivity index is 2.10. The van der Waals surface area contributed by atoms with Crippen LogP contribution in [0.3, 0.4) is 0 Å². The van der Waals surface area contributed by atoms with Gasteiger partial charge in [-0.25, -0.2) is 4.98 Å². The fraction of sp³-hybridized carbons (Fsp3) is 0.577. The highest BCUT2D eigenvalue weighted by atomic mass is 16.5. The van der Waals surface area contributed by atoms with Gasteiger partial charge in [0, 0.05) is 53.0 Å². The van der Waals surface area contributed by atoms with Crippen LogP contribution >= 0.6 is 0 Å². The number of carbonyl (C=O) groups is 1. The van der Waals surface area contributed by atoms with Crippen LogP contribution in [-0.2, 0) is 20.6 Å². The molecule has 1 aliphatic rings. The van der Waals surface area contributed by atoms with Gasteiger partial charge >= 0.3 is 0 Å². The Hall–Kier alpha value is -3.15. The molecule has 1 unspecified atom stereocenters. The van der Waals surface area contributed by atoms with Crippen LogP contribution in [0.15, 0.2) is 10.9 Å². The normalized spacial score (nSPS) is 14.3. The quantitative estimate of drug-likeness (QED) is 0.277. The molecule has 2 aromatic heterocycles. The van der Waals surface area contributed by atoms with Crippen LogP contribution in [0.4, 0.5) is 5.82 Å². The van der Waals surface area contributed by atoms with Gasteiger partial charge in [-0.2, -0.15) is 0 Å². The van der Waals surface area contributed by atoms with Gasteiger partial charge in [-0.3, -0.25) is 9.59 Å². The van der Waals surface area contributed by atoms with E-state index in [1.165, 1.54) is 7.11 Å². The van der Waals surface area contributed by atoms with E-state index in [0.717, 1.165) is 12.0 Å². The number of methoxy groups -OCH3 is 3. The fourth-order valence-corrected chi connectivity index (χ4v) is 4.42. The van der Waals surface area contributed by atoms with E-state index < -0.39 is 11.5 Å². The number of rotatable bonds is 14. The summed E-state index contributed by atoms with van der Waals surface area (Å²) >= 11 is 0. The van der Waals surface area contributed by atoms with Crippen LogP contribution in [0.2, 0.25) is 0 Å². The van der Waals surface area contributed by atoms with Gasteiger partial charge in [0.15, 0.2) is 11.6 Å². The third-order valence-electron chi connectivity index (χ3n) is 6.31. The number of hydrogen-bond donors (Lipinski definition) is 4. The maximum atomic E-state index is 13.0. The minimum absolute atomic E-state index is 0.110. The van der Waals surface area contributed by atoms with Crippen LogP contribution in [0, 0.1) is 5.92 Å². The smallest absolute Gasteiger partial charge is 0.265 e. The molecule has 11 heteroatoms. The number of aromatic nitrogens is 2. The van der Waals surface area contributed by atoms with E-state index in [9.17, 15) is 14.7 Å². The molecule has 0 aliphatic heterocycles. The summed E-state index contributed by atoms with van der Waals surface area (Å²) in [4.78, 5) is 33.4. The Morgan fingerprint density at radius 3 is 2.51 bits per heavy atom. The molecule has 0 bridgehead atoms. The second-order valence-corrected chi connectivity index (χ2v) is 9.23. The first-order valence-electron chi connectivity index (χ1n) is 12.5. The van der Waals surface area contributed by atoms with Crippen LogP contribution < -0.4 is 20.9 Å². The fourth-order valence-electron chi connectivity index (χ4n) is 4.42. The highest BCUT2D eigenvalue weighted by Crippen LogP contribution is 2.46. The molecule has 37 heavy (non-hydrogen) atoms. The standard InChI is InChI=1S/C26H38N4O7/c1-15(2)17-13-16-14-18(37-10-6-9-34-3)24(27-7-11-35-4)29-21(16)22-19(17)23(31)20(26(33)30-22)25(32)28-8-12-36-5/h14-15,17H,6-13H2,1-5H3,(H,27,29)(H,28,32)(H2,30,31,33). The SMILES string of the molecule is COCCCOc1cc2c(nc1NCCOC)-c1[nH]c(=O)c(C(=O)NCCOC)c(O)c1C(C(C)C)C2. The van der Waals surface area contributed by atoms with Crippen molar-refractivity contribution in [1.29, 1.82) is 0 Å². The number of hydrogen-bond acceptors (Lipinski definition) is 9. The van der Waals surface area contributed by atoms with Gasteiger partial charge < -0.3 is 39.7 Å². The van der Waals surface area contributed by atoms with Crippen molar-refractivity contribution in [2.24, 2.45) is 5.92 Å². The molecule has 0 aromatic carbocycles. The van der Waals surface area contributed by atoms with E-state index in [2.05, 4.69) is 15.6 Å². The molecule has 1 aliphatic carbocycles. The summed E-state index contributed by atoms with van der Waals surface area (Å²) in [5.41, 5.74) is 1.37. The predicted octanol–water partition coefficient (Wildman–Crippen LogP) is 2.29. The maximum absolute atomic E-state index is 13.0. The molecule has 1 amide bonds. The number of nitrogens with zero attached hydrogens (tertiary/aromatic N) is 1. The lowest BCUT2D eigenvalue weighted by atomic mass is 9.76. The van der Waals surface area contributed by atoms with Crippen molar-refractivity contribution in [3.63, 3.8) is 0 Å². The Bertz CT molecular complexity index is 1130. The summed E-state index contributed by atoms with van der Waals surface area (Å²) in [5, 5.41) is 17.1. The van der Waals surface area contributed by atoms with Gasteiger partial charge in [0.2, 0.25) is 0 Å². The molecular formula is C26H38N4O7. The average molecular weight is 519 g/mol. The monoisotopic (exact) mass is 518 g/mol. The van der Waals surface area contributed by atoms with Crippen LogP contribution in [0.25, 0.3) is 11.4 Å². The van der Waals surface area contributed by atoms with Gasteiger partial charge in [0.05, 0.1) is 31.2 Å². The Morgan fingerprint density at radius 1 is 1.14 bits per heavy atom. The number of fused-ring (bicyclic) bond motifs is 3. The van der Waals surface area contributed by atoms with Gasteiger partial charge in [0.25, 0.3) is 11.5 Å². The molecule has 0 spiro atoms.